The molecule has 0 radical (unpaired) electrons. The molecule has 0 amide bonds. The van der Waals surface area contributed by atoms with Gasteiger partial charge in [0.15, 0.2) is 0 Å². The van der Waals surface area contributed by atoms with E-state index in [1.807, 2.05) is 12.3 Å². The summed E-state index contributed by atoms with van der Waals surface area (Å²) in [5.74, 6) is 0.313. The number of hydrogen-bond acceptors (Lipinski definition) is 4. The second kappa shape index (κ2) is 8.67. The molecule has 0 spiro atoms. The van der Waals surface area contributed by atoms with E-state index in [0.717, 1.165) is 32.5 Å². The molecule has 0 atom stereocenters. The van der Waals surface area contributed by atoms with Crippen LogP contribution in [0.25, 0.3) is 0 Å². The first-order chi connectivity index (χ1) is 12.4. The maximum absolute atomic E-state index is 12.5. The van der Waals surface area contributed by atoms with Crippen LogP contribution in [-0.4, -0.2) is 37.9 Å². The summed E-state index contributed by atoms with van der Waals surface area (Å²) in [5.41, 5.74) is 1.20. The second-order valence-electron chi connectivity index (χ2n) is 6.51. The molecule has 0 bridgehead atoms. The lowest BCUT2D eigenvalue weighted by atomic mass is 9.97. The van der Waals surface area contributed by atoms with Gasteiger partial charge in [0, 0.05) is 30.5 Å². The van der Waals surface area contributed by atoms with Crippen LogP contribution < -0.4 is 4.72 Å². The van der Waals surface area contributed by atoms with Crippen molar-refractivity contribution in [2.75, 3.05) is 19.6 Å². The fourth-order valence-corrected chi connectivity index (χ4v) is 4.96. The summed E-state index contributed by atoms with van der Waals surface area (Å²) >= 11 is 11.9. The highest BCUT2D eigenvalue weighted by Crippen LogP contribution is 2.25. The van der Waals surface area contributed by atoms with Crippen LogP contribution in [0.4, 0.5) is 0 Å². The lowest BCUT2D eigenvalue weighted by molar-refractivity contribution is 0.178. The topological polar surface area (TPSA) is 62.3 Å². The number of hydrogen-bond donors (Lipinski definition) is 1. The van der Waals surface area contributed by atoms with E-state index in [-0.39, 0.29) is 9.92 Å². The Morgan fingerprint density at radius 1 is 1.19 bits per heavy atom. The van der Waals surface area contributed by atoms with E-state index >= 15 is 0 Å². The molecule has 1 aromatic carbocycles. The van der Waals surface area contributed by atoms with Crippen LogP contribution in [-0.2, 0) is 16.6 Å². The first-order valence-electron chi connectivity index (χ1n) is 8.50. The lowest BCUT2D eigenvalue weighted by Crippen LogP contribution is -2.38. The second-order valence-corrected chi connectivity index (χ2v) is 9.09. The normalized spacial score (nSPS) is 16.7. The van der Waals surface area contributed by atoms with Crippen molar-refractivity contribution in [3.8, 4) is 0 Å². The third-order valence-electron chi connectivity index (χ3n) is 4.58. The van der Waals surface area contributed by atoms with Crippen molar-refractivity contribution in [1.29, 1.82) is 0 Å². The smallest absolute Gasteiger partial charge is 0.242 e. The molecule has 5 nitrogen and oxygen atoms in total. The van der Waals surface area contributed by atoms with Gasteiger partial charge in [-0.3, -0.25) is 9.88 Å². The molecule has 1 aliphatic rings. The van der Waals surface area contributed by atoms with E-state index in [2.05, 4.69) is 20.7 Å². The number of pyridine rings is 1. The van der Waals surface area contributed by atoms with Crippen LogP contribution in [0.15, 0.2) is 47.6 Å². The van der Waals surface area contributed by atoms with Gasteiger partial charge in [-0.05, 0) is 61.7 Å². The van der Waals surface area contributed by atoms with E-state index in [1.54, 1.807) is 12.3 Å². The van der Waals surface area contributed by atoms with Crippen LogP contribution in [0.2, 0.25) is 10.0 Å². The number of benzene rings is 1. The monoisotopic (exact) mass is 413 g/mol. The highest BCUT2D eigenvalue weighted by Gasteiger charge is 2.23. The molecule has 1 aliphatic heterocycles. The Labute approximate surface area is 164 Å². The van der Waals surface area contributed by atoms with Gasteiger partial charge in [-0.25, -0.2) is 13.1 Å². The average molecular weight is 414 g/mol. The third-order valence-corrected chi connectivity index (χ3v) is 6.72. The van der Waals surface area contributed by atoms with Crippen molar-refractivity contribution < 1.29 is 8.42 Å². The molecule has 0 saturated carbocycles. The van der Waals surface area contributed by atoms with Crippen LogP contribution in [0.3, 0.4) is 0 Å². The average Bonchev–Trinajstić information content (AvgIpc) is 2.64. The number of nitrogens with one attached hydrogen (secondary N) is 1. The SMILES string of the molecule is O=S(=O)(NCC1CCN(Cc2cccnc2)CC1)c1cc(Cl)ccc1Cl. The molecule has 0 aliphatic carbocycles. The maximum Gasteiger partial charge on any atom is 0.242 e. The number of likely N-dealkylation sites (tertiary alicyclic amines) is 1. The van der Waals surface area contributed by atoms with Crippen LogP contribution >= 0.6 is 23.2 Å². The number of rotatable bonds is 6. The largest absolute Gasteiger partial charge is 0.299 e. The summed E-state index contributed by atoms with van der Waals surface area (Å²) in [6.07, 6.45) is 5.56. The van der Waals surface area contributed by atoms with Crippen molar-refractivity contribution >= 4 is 33.2 Å². The standard InChI is InChI=1S/C18H21Cl2N3O2S/c19-16-3-4-17(20)18(10-16)26(24,25)22-12-14-5-8-23(9-6-14)13-15-2-1-7-21-11-15/h1-4,7,10-11,14,22H,5-6,8-9,12-13H2. The van der Waals surface area contributed by atoms with Gasteiger partial charge in [0.2, 0.25) is 10.0 Å². The highest BCUT2D eigenvalue weighted by atomic mass is 35.5. The van der Waals surface area contributed by atoms with Gasteiger partial charge in [-0.15, -0.1) is 0 Å². The summed E-state index contributed by atoms with van der Waals surface area (Å²) in [6, 6.07) is 8.46. The molecule has 1 saturated heterocycles. The third kappa shape index (κ3) is 5.18. The van der Waals surface area contributed by atoms with Crippen molar-refractivity contribution in [3.05, 3.63) is 58.3 Å². The molecule has 2 aromatic rings. The Balaban J connectivity index is 1.51. The van der Waals surface area contributed by atoms with Gasteiger partial charge in [0.1, 0.15) is 4.90 Å². The fraction of sp³-hybridized carbons (Fsp3) is 0.389. The fourth-order valence-electron chi connectivity index (χ4n) is 3.09. The summed E-state index contributed by atoms with van der Waals surface area (Å²) in [4.78, 5) is 6.54. The molecule has 1 N–H and O–H groups in total. The minimum atomic E-state index is -3.66. The summed E-state index contributed by atoms with van der Waals surface area (Å²) < 4.78 is 27.6. The maximum atomic E-state index is 12.5. The molecule has 3 rings (SSSR count). The summed E-state index contributed by atoms with van der Waals surface area (Å²) in [6.45, 7) is 3.18. The van der Waals surface area contributed by atoms with Crippen molar-refractivity contribution in [3.63, 3.8) is 0 Å². The van der Waals surface area contributed by atoms with E-state index in [9.17, 15) is 8.42 Å². The van der Waals surface area contributed by atoms with Crippen molar-refractivity contribution in [2.24, 2.45) is 5.92 Å². The molecule has 26 heavy (non-hydrogen) atoms. The van der Waals surface area contributed by atoms with Gasteiger partial charge >= 0.3 is 0 Å². The minimum absolute atomic E-state index is 0.0284. The Hall–Kier alpha value is -1.18. The van der Waals surface area contributed by atoms with E-state index in [4.69, 9.17) is 23.2 Å². The Morgan fingerprint density at radius 2 is 1.96 bits per heavy atom. The van der Waals surface area contributed by atoms with E-state index in [0.29, 0.717) is 17.5 Å². The van der Waals surface area contributed by atoms with Crippen LogP contribution in [0, 0.1) is 5.92 Å². The molecule has 1 aromatic heterocycles. The number of nitrogens with zero attached hydrogens (tertiary/aromatic N) is 2. The molecular formula is C18H21Cl2N3O2S. The number of aromatic nitrogens is 1. The number of sulfonamides is 1. The number of piperidine rings is 1. The predicted octanol–water partition coefficient (Wildman–Crippen LogP) is 3.58. The molecule has 140 valence electrons. The van der Waals surface area contributed by atoms with Crippen LogP contribution in [0.1, 0.15) is 18.4 Å². The quantitative estimate of drug-likeness (QED) is 0.785. The van der Waals surface area contributed by atoms with Gasteiger partial charge in [0.05, 0.1) is 5.02 Å². The zero-order chi connectivity index (χ0) is 18.6. The minimum Gasteiger partial charge on any atom is -0.299 e. The molecule has 0 unspecified atom stereocenters. The van der Waals surface area contributed by atoms with Gasteiger partial charge < -0.3 is 0 Å². The molecular weight excluding hydrogens is 393 g/mol. The zero-order valence-corrected chi connectivity index (χ0v) is 16.6. The highest BCUT2D eigenvalue weighted by molar-refractivity contribution is 7.89. The molecule has 2 heterocycles. The number of halogens is 2. The Kier molecular flexibility index (Phi) is 6.53. The molecule has 1 fully saturated rings. The lowest BCUT2D eigenvalue weighted by Gasteiger charge is -2.32. The van der Waals surface area contributed by atoms with Gasteiger partial charge in [0.25, 0.3) is 0 Å². The van der Waals surface area contributed by atoms with Gasteiger partial charge in [-0.2, -0.15) is 0 Å². The Morgan fingerprint density at radius 3 is 2.65 bits per heavy atom. The van der Waals surface area contributed by atoms with Gasteiger partial charge in [-0.1, -0.05) is 29.3 Å². The molecule has 8 heteroatoms. The first-order valence-corrected chi connectivity index (χ1v) is 10.7. The summed E-state index contributed by atoms with van der Waals surface area (Å²) in [7, 11) is -3.66. The Bertz CT molecular complexity index is 839. The predicted molar refractivity (Wildman–Crippen MR) is 104 cm³/mol. The van der Waals surface area contributed by atoms with Crippen LogP contribution in [0.5, 0.6) is 0 Å². The first kappa shape index (κ1) is 19.6. The van der Waals surface area contributed by atoms with Crippen molar-refractivity contribution in [1.82, 2.24) is 14.6 Å². The van der Waals surface area contributed by atoms with Crippen molar-refractivity contribution in [2.45, 2.75) is 24.3 Å². The summed E-state index contributed by atoms with van der Waals surface area (Å²) in [5, 5.41) is 0.520. The van der Waals surface area contributed by atoms with E-state index in [1.165, 1.54) is 17.7 Å². The van der Waals surface area contributed by atoms with E-state index < -0.39 is 10.0 Å². The zero-order valence-electron chi connectivity index (χ0n) is 14.2.